The predicted molar refractivity (Wildman–Crippen MR) is 73.1 cm³/mol. The molecule has 1 heterocycles. The van der Waals surface area contributed by atoms with Gasteiger partial charge in [-0.3, -0.25) is 0 Å². The van der Waals surface area contributed by atoms with Gasteiger partial charge in [-0.2, -0.15) is 13.2 Å². The summed E-state index contributed by atoms with van der Waals surface area (Å²) in [5.41, 5.74) is 0.802. The van der Waals surface area contributed by atoms with E-state index in [-0.39, 0.29) is 5.75 Å². The Morgan fingerprint density at radius 1 is 1.25 bits per heavy atom. The molecule has 2 rings (SSSR count). The standard InChI is InChI=1S/C15H18F3NO/c1-4-5-6-20-14-7-11-10(2)9-19(3)13(11)8-12(14)15(16,17)18/h7-9H,4-6H2,1-3H3. The van der Waals surface area contributed by atoms with E-state index >= 15 is 0 Å². The molecular weight excluding hydrogens is 267 g/mol. The zero-order chi connectivity index (χ0) is 14.9. The number of unbranched alkanes of at least 4 members (excludes halogenated alkanes) is 1. The summed E-state index contributed by atoms with van der Waals surface area (Å²) in [5, 5.41) is 0.798. The number of aryl methyl sites for hydroxylation is 2. The molecule has 0 spiro atoms. The molecule has 0 aliphatic carbocycles. The fourth-order valence-electron chi connectivity index (χ4n) is 2.27. The van der Waals surface area contributed by atoms with Crippen molar-refractivity contribution in [3.8, 4) is 5.75 Å². The van der Waals surface area contributed by atoms with Gasteiger partial charge >= 0.3 is 6.18 Å². The lowest BCUT2D eigenvalue weighted by Crippen LogP contribution is -2.09. The largest absolute Gasteiger partial charge is 0.493 e. The number of alkyl halides is 3. The van der Waals surface area contributed by atoms with Crippen molar-refractivity contribution in [3.05, 3.63) is 29.5 Å². The lowest BCUT2D eigenvalue weighted by Gasteiger charge is -2.15. The third-order valence-electron chi connectivity index (χ3n) is 3.35. The van der Waals surface area contributed by atoms with Crippen LogP contribution in [0.3, 0.4) is 0 Å². The van der Waals surface area contributed by atoms with Crippen LogP contribution in [0.4, 0.5) is 13.2 Å². The van der Waals surface area contributed by atoms with Gasteiger partial charge in [-0.25, -0.2) is 0 Å². The Bertz CT molecular complexity index is 614. The summed E-state index contributed by atoms with van der Waals surface area (Å²) >= 11 is 0. The number of fused-ring (bicyclic) bond motifs is 1. The molecule has 2 nitrogen and oxygen atoms in total. The van der Waals surface area contributed by atoms with Crippen molar-refractivity contribution in [1.82, 2.24) is 4.57 Å². The lowest BCUT2D eigenvalue weighted by atomic mass is 10.1. The highest BCUT2D eigenvalue weighted by Gasteiger charge is 2.35. The Labute approximate surface area is 116 Å². The van der Waals surface area contributed by atoms with Crippen LogP contribution in [0.15, 0.2) is 18.3 Å². The van der Waals surface area contributed by atoms with Crippen molar-refractivity contribution in [2.24, 2.45) is 7.05 Å². The highest BCUT2D eigenvalue weighted by Crippen LogP contribution is 2.39. The first-order valence-corrected chi connectivity index (χ1v) is 6.64. The topological polar surface area (TPSA) is 14.2 Å². The molecular formula is C15H18F3NO. The predicted octanol–water partition coefficient (Wildman–Crippen LogP) is 4.68. The molecule has 5 heteroatoms. The van der Waals surface area contributed by atoms with E-state index in [1.54, 1.807) is 11.6 Å². The van der Waals surface area contributed by atoms with Gasteiger partial charge in [-0.05, 0) is 31.0 Å². The van der Waals surface area contributed by atoms with Crippen LogP contribution < -0.4 is 4.74 Å². The van der Waals surface area contributed by atoms with Gasteiger partial charge < -0.3 is 9.30 Å². The normalized spacial score (nSPS) is 12.1. The van der Waals surface area contributed by atoms with E-state index in [9.17, 15) is 13.2 Å². The molecule has 0 aliphatic rings. The van der Waals surface area contributed by atoms with Gasteiger partial charge in [0, 0.05) is 24.1 Å². The van der Waals surface area contributed by atoms with Crippen LogP contribution >= 0.6 is 0 Å². The van der Waals surface area contributed by atoms with Crippen molar-refractivity contribution in [3.63, 3.8) is 0 Å². The summed E-state index contributed by atoms with van der Waals surface area (Å²) in [5.74, 6) is -0.0762. The van der Waals surface area contributed by atoms with Crippen molar-refractivity contribution in [2.75, 3.05) is 6.61 Å². The maximum absolute atomic E-state index is 13.1. The molecule has 0 N–H and O–H groups in total. The second kappa shape index (κ2) is 5.38. The average Bonchev–Trinajstić information content (AvgIpc) is 2.63. The van der Waals surface area contributed by atoms with Gasteiger partial charge in [-0.15, -0.1) is 0 Å². The number of halogens is 3. The third kappa shape index (κ3) is 2.76. The summed E-state index contributed by atoms with van der Waals surface area (Å²) in [6.07, 6.45) is -0.967. The zero-order valence-electron chi connectivity index (χ0n) is 11.8. The number of nitrogens with zero attached hydrogens (tertiary/aromatic N) is 1. The molecule has 1 aromatic heterocycles. The minimum atomic E-state index is -4.41. The first kappa shape index (κ1) is 14.8. The Kier molecular flexibility index (Phi) is 3.97. The van der Waals surface area contributed by atoms with Crippen molar-refractivity contribution < 1.29 is 17.9 Å². The van der Waals surface area contributed by atoms with Gasteiger partial charge in [-0.1, -0.05) is 13.3 Å². The average molecular weight is 285 g/mol. The maximum Gasteiger partial charge on any atom is 0.420 e. The van der Waals surface area contributed by atoms with Gasteiger partial charge in [0.05, 0.1) is 12.2 Å². The minimum Gasteiger partial charge on any atom is -0.493 e. The molecule has 0 saturated heterocycles. The summed E-state index contributed by atoms with van der Waals surface area (Å²) in [7, 11) is 1.74. The van der Waals surface area contributed by atoms with Crippen molar-refractivity contribution in [1.29, 1.82) is 0 Å². The first-order valence-electron chi connectivity index (χ1n) is 6.64. The van der Waals surface area contributed by atoms with Gasteiger partial charge in [0.1, 0.15) is 5.75 Å². The van der Waals surface area contributed by atoms with Crippen LogP contribution in [-0.2, 0) is 13.2 Å². The number of aromatic nitrogens is 1. The Hall–Kier alpha value is -1.65. The molecule has 0 unspecified atom stereocenters. The number of hydrogen-bond acceptors (Lipinski definition) is 1. The molecule has 0 radical (unpaired) electrons. The number of ether oxygens (including phenoxy) is 1. The van der Waals surface area contributed by atoms with Crippen LogP contribution in [0, 0.1) is 6.92 Å². The highest BCUT2D eigenvalue weighted by molar-refractivity contribution is 5.86. The van der Waals surface area contributed by atoms with Crippen LogP contribution in [0.1, 0.15) is 30.9 Å². The van der Waals surface area contributed by atoms with Gasteiger partial charge in [0.15, 0.2) is 0 Å². The zero-order valence-corrected chi connectivity index (χ0v) is 11.8. The van der Waals surface area contributed by atoms with E-state index in [1.807, 2.05) is 20.0 Å². The second-order valence-electron chi connectivity index (χ2n) is 4.99. The van der Waals surface area contributed by atoms with Crippen LogP contribution in [0.2, 0.25) is 0 Å². The molecule has 0 atom stereocenters. The van der Waals surface area contributed by atoms with Crippen LogP contribution in [-0.4, -0.2) is 11.2 Å². The van der Waals surface area contributed by atoms with E-state index in [1.165, 1.54) is 12.1 Å². The third-order valence-corrected chi connectivity index (χ3v) is 3.35. The molecule has 0 aliphatic heterocycles. The Morgan fingerprint density at radius 3 is 2.55 bits per heavy atom. The minimum absolute atomic E-state index is 0.0762. The van der Waals surface area contributed by atoms with Gasteiger partial charge in [0.2, 0.25) is 0 Å². The maximum atomic E-state index is 13.1. The molecule has 0 bridgehead atoms. The fourth-order valence-corrected chi connectivity index (χ4v) is 2.27. The van der Waals surface area contributed by atoms with E-state index in [0.29, 0.717) is 12.1 Å². The number of rotatable bonds is 4. The SMILES string of the molecule is CCCCOc1cc2c(C)cn(C)c2cc1C(F)(F)F. The number of hydrogen-bond donors (Lipinski definition) is 0. The lowest BCUT2D eigenvalue weighted by molar-refractivity contribution is -0.138. The summed E-state index contributed by atoms with van der Waals surface area (Å²) in [6.45, 7) is 4.15. The second-order valence-corrected chi connectivity index (χ2v) is 4.99. The quantitative estimate of drug-likeness (QED) is 0.744. The molecule has 110 valence electrons. The van der Waals surface area contributed by atoms with Gasteiger partial charge in [0.25, 0.3) is 0 Å². The van der Waals surface area contributed by atoms with Crippen molar-refractivity contribution in [2.45, 2.75) is 32.9 Å². The van der Waals surface area contributed by atoms with E-state index in [2.05, 4.69) is 0 Å². The fraction of sp³-hybridized carbons (Fsp3) is 0.467. The molecule has 0 fully saturated rings. The van der Waals surface area contributed by atoms with Crippen LogP contribution in [0.25, 0.3) is 10.9 Å². The Balaban J connectivity index is 2.54. The monoisotopic (exact) mass is 285 g/mol. The molecule has 2 aromatic rings. The van der Waals surface area contributed by atoms with Crippen LogP contribution in [0.5, 0.6) is 5.75 Å². The Morgan fingerprint density at radius 2 is 1.95 bits per heavy atom. The molecule has 0 saturated carbocycles. The van der Waals surface area contributed by atoms with E-state index in [0.717, 1.165) is 23.8 Å². The summed E-state index contributed by atoms with van der Waals surface area (Å²) in [6, 6.07) is 2.67. The molecule has 0 amide bonds. The van der Waals surface area contributed by atoms with E-state index < -0.39 is 11.7 Å². The smallest absolute Gasteiger partial charge is 0.420 e. The number of benzene rings is 1. The highest BCUT2D eigenvalue weighted by atomic mass is 19.4. The van der Waals surface area contributed by atoms with E-state index in [4.69, 9.17) is 4.74 Å². The first-order chi connectivity index (χ1) is 9.34. The molecule has 20 heavy (non-hydrogen) atoms. The molecule has 1 aromatic carbocycles. The summed E-state index contributed by atoms with van der Waals surface area (Å²) < 4.78 is 46.5. The summed E-state index contributed by atoms with van der Waals surface area (Å²) in [4.78, 5) is 0. The van der Waals surface area contributed by atoms with Crippen molar-refractivity contribution >= 4 is 10.9 Å².